The van der Waals surface area contributed by atoms with E-state index >= 15 is 0 Å². The number of nitrogens with zero attached hydrogens (tertiary/aromatic N) is 1. The molecule has 1 aliphatic heterocycles. The zero-order valence-corrected chi connectivity index (χ0v) is 10.3. The number of likely N-dealkylation sites (tertiary alicyclic amines) is 1. The molecule has 0 atom stereocenters. The van der Waals surface area contributed by atoms with Crippen LogP contribution in [0.3, 0.4) is 0 Å². The number of nitrogens with one attached hydrogen (secondary N) is 1. The predicted molar refractivity (Wildman–Crippen MR) is 65.8 cm³/mol. The number of carboxylic acids is 1. The van der Waals surface area contributed by atoms with Crippen LogP contribution in [0.5, 0.6) is 0 Å². The third-order valence-corrected chi connectivity index (χ3v) is 3.88. The maximum Gasteiger partial charge on any atom is 0.346 e. The van der Waals surface area contributed by atoms with E-state index in [1.165, 1.54) is 0 Å². The summed E-state index contributed by atoms with van der Waals surface area (Å²) in [6.07, 6.45) is 2.08. The standard InChI is InChI=1S/C11H14N2O3S/c1-7-6-8(17-9(7)10(14)15)12-11(16)13-4-2-3-5-13/h6H,2-5H2,1H3,(H,12,16)(H,14,15). The van der Waals surface area contributed by atoms with E-state index in [0.29, 0.717) is 10.6 Å². The minimum absolute atomic E-state index is 0.138. The molecule has 2 heterocycles. The van der Waals surface area contributed by atoms with Crippen LogP contribution in [0.4, 0.5) is 9.80 Å². The van der Waals surface area contributed by atoms with E-state index in [9.17, 15) is 9.59 Å². The number of carbonyl (C=O) groups excluding carboxylic acids is 1. The zero-order chi connectivity index (χ0) is 12.4. The van der Waals surface area contributed by atoms with Crippen molar-refractivity contribution >= 4 is 28.3 Å². The number of anilines is 1. The Labute approximate surface area is 103 Å². The SMILES string of the molecule is Cc1cc(NC(=O)N2CCCC2)sc1C(=O)O. The number of hydrogen-bond donors (Lipinski definition) is 2. The highest BCUT2D eigenvalue weighted by molar-refractivity contribution is 7.18. The Bertz CT molecular complexity index is 450. The van der Waals surface area contributed by atoms with E-state index in [0.717, 1.165) is 37.3 Å². The Balaban J connectivity index is 2.05. The Morgan fingerprint density at radius 1 is 1.41 bits per heavy atom. The summed E-state index contributed by atoms with van der Waals surface area (Å²) in [7, 11) is 0. The average Bonchev–Trinajstić information content (AvgIpc) is 2.86. The fourth-order valence-electron chi connectivity index (χ4n) is 1.86. The van der Waals surface area contributed by atoms with Crippen molar-refractivity contribution in [2.75, 3.05) is 18.4 Å². The second-order valence-electron chi connectivity index (χ2n) is 4.05. The van der Waals surface area contributed by atoms with Gasteiger partial charge in [0.05, 0.1) is 5.00 Å². The molecule has 0 aliphatic carbocycles. The van der Waals surface area contributed by atoms with E-state index < -0.39 is 5.97 Å². The van der Waals surface area contributed by atoms with E-state index in [-0.39, 0.29) is 10.9 Å². The van der Waals surface area contributed by atoms with Crippen molar-refractivity contribution in [1.82, 2.24) is 4.90 Å². The molecule has 1 aromatic heterocycles. The van der Waals surface area contributed by atoms with Gasteiger partial charge in [-0.3, -0.25) is 5.32 Å². The van der Waals surface area contributed by atoms with Gasteiger partial charge in [0.25, 0.3) is 0 Å². The van der Waals surface area contributed by atoms with Crippen LogP contribution in [0.2, 0.25) is 0 Å². The summed E-state index contributed by atoms with van der Waals surface area (Å²) in [6, 6.07) is 1.56. The van der Waals surface area contributed by atoms with Gasteiger partial charge in [0, 0.05) is 13.1 Å². The summed E-state index contributed by atoms with van der Waals surface area (Å²) in [5.74, 6) is -0.950. The van der Waals surface area contributed by atoms with Gasteiger partial charge >= 0.3 is 12.0 Å². The molecule has 0 unspecified atom stereocenters. The number of hydrogen-bond acceptors (Lipinski definition) is 3. The van der Waals surface area contributed by atoms with Crippen LogP contribution in [0, 0.1) is 6.92 Å². The molecule has 0 aromatic carbocycles. The van der Waals surface area contributed by atoms with E-state index in [2.05, 4.69) is 5.32 Å². The number of amides is 2. The van der Waals surface area contributed by atoms with Crippen LogP contribution >= 0.6 is 11.3 Å². The lowest BCUT2D eigenvalue weighted by atomic mass is 10.3. The molecule has 6 heteroatoms. The molecule has 1 saturated heterocycles. The van der Waals surface area contributed by atoms with Crippen LogP contribution in [-0.2, 0) is 0 Å². The molecule has 1 aliphatic rings. The highest BCUT2D eigenvalue weighted by atomic mass is 32.1. The van der Waals surface area contributed by atoms with Crippen molar-refractivity contribution in [1.29, 1.82) is 0 Å². The molecule has 17 heavy (non-hydrogen) atoms. The molecule has 0 radical (unpaired) electrons. The van der Waals surface area contributed by atoms with Gasteiger partial charge < -0.3 is 10.0 Å². The molecule has 2 amide bonds. The Hall–Kier alpha value is -1.56. The summed E-state index contributed by atoms with van der Waals surface area (Å²) < 4.78 is 0. The maximum atomic E-state index is 11.8. The van der Waals surface area contributed by atoms with Gasteiger partial charge in [0.15, 0.2) is 0 Å². The highest BCUT2D eigenvalue weighted by Crippen LogP contribution is 2.27. The molecule has 0 bridgehead atoms. The first-order chi connectivity index (χ1) is 8.08. The first kappa shape index (κ1) is 11.9. The van der Waals surface area contributed by atoms with Gasteiger partial charge in [-0.1, -0.05) is 0 Å². The summed E-state index contributed by atoms with van der Waals surface area (Å²) in [6.45, 7) is 3.29. The van der Waals surface area contributed by atoms with Crippen LogP contribution in [0.15, 0.2) is 6.07 Å². The van der Waals surface area contributed by atoms with Gasteiger partial charge in [0.1, 0.15) is 4.88 Å². The number of carboxylic acid groups (broad SMARTS) is 1. The van der Waals surface area contributed by atoms with Crippen molar-refractivity contribution in [3.8, 4) is 0 Å². The van der Waals surface area contributed by atoms with Gasteiger partial charge in [0.2, 0.25) is 0 Å². The summed E-state index contributed by atoms with van der Waals surface area (Å²) in [5, 5.41) is 12.2. The second kappa shape index (κ2) is 4.75. The highest BCUT2D eigenvalue weighted by Gasteiger charge is 2.19. The minimum Gasteiger partial charge on any atom is -0.477 e. The van der Waals surface area contributed by atoms with Gasteiger partial charge in [-0.15, -0.1) is 11.3 Å². The number of thiophene rings is 1. The summed E-state index contributed by atoms with van der Waals surface area (Å²) >= 11 is 1.10. The quantitative estimate of drug-likeness (QED) is 0.851. The predicted octanol–water partition coefficient (Wildman–Crippen LogP) is 2.38. The first-order valence-electron chi connectivity index (χ1n) is 5.47. The van der Waals surface area contributed by atoms with Crippen molar-refractivity contribution in [2.24, 2.45) is 0 Å². The van der Waals surface area contributed by atoms with Crippen LogP contribution in [-0.4, -0.2) is 35.1 Å². The van der Waals surface area contributed by atoms with E-state index in [1.54, 1.807) is 17.9 Å². The maximum absolute atomic E-state index is 11.8. The normalized spacial score (nSPS) is 15.0. The fourth-order valence-corrected chi connectivity index (χ4v) is 2.76. The average molecular weight is 254 g/mol. The molecular weight excluding hydrogens is 240 g/mol. The first-order valence-corrected chi connectivity index (χ1v) is 6.29. The molecular formula is C11H14N2O3S. The number of aromatic carboxylic acids is 1. The molecule has 0 spiro atoms. The van der Waals surface area contributed by atoms with Crippen molar-refractivity contribution in [3.63, 3.8) is 0 Å². The largest absolute Gasteiger partial charge is 0.477 e. The number of rotatable bonds is 2. The van der Waals surface area contributed by atoms with Crippen molar-refractivity contribution < 1.29 is 14.7 Å². The Morgan fingerprint density at radius 3 is 2.59 bits per heavy atom. The van der Waals surface area contributed by atoms with Crippen molar-refractivity contribution in [3.05, 3.63) is 16.5 Å². The second-order valence-corrected chi connectivity index (χ2v) is 5.10. The van der Waals surface area contributed by atoms with Gasteiger partial charge in [-0.25, -0.2) is 9.59 Å². The lowest BCUT2D eigenvalue weighted by Crippen LogP contribution is -2.31. The van der Waals surface area contributed by atoms with Gasteiger partial charge in [-0.2, -0.15) is 0 Å². The van der Waals surface area contributed by atoms with Gasteiger partial charge in [-0.05, 0) is 31.4 Å². The molecule has 1 fully saturated rings. The smallest absolute Gasteiger partial charge is 0.346 e. The molecule has 92 valence electrons. The van der Waals surface area contributed by atoms with E-state index in [4.69, 9.17) is 5.11 Å². The van der Waals surface area contributed by atoms with Crippen molar-refractivity contribution in [2.45, 2.75) is 19.8 Å². The zero-order valence-electron chi connectivity index (χ0n) is 9.52. The number of carbonyl (C=O) groups is 2. The summed E-state index contributed by atoms with van der Waals surface area (Å²) in [5.41, 5.74) is 0.680. The molecule has 0 saturated carbocycles. The fraction of sp³-hybridized carbons (Fsp3) is 0.455. The van der Waals surface area contributed by atoms with Crippen LogP contribution in [0.25, 0.3) is 0 Å². The third-order valence-electron chi connectivity index (χ3n) is 2.74. The molecule has 5 nitrogen and oxygen atoms in total. The third kappa shape index (κ3) is 2.58. The lowest BCUT2D eigenvalue weighted by Gasteiger charge is -2.14. The van der Waals surface area contributed by atoms with E-state index in [1.807, 2.05) is 0 Å². The number of urea groups is 1. The van der Waals surface area contributed by atoms with Crippen LogP contribution < -0.4 is 5.32 Å². The minimum atomic E-state index is -0.950. The Morgan fingerprint density at radius 2 is 2.06 bits per heavy atom. The lowest BCUT2D eigenvalue weighted by molar-refractivity contribution is 0.0701. The molecule has 2 rings (SSSR count). The monoisotopic (exact) mass is 254 g/mol. The topological polar surface area (TPSA) is 69.6 Å². The molecule has 1 aromatic rings. The number of aryl methyl sites for hydroxylation is 1. The Kier molecular flexibility index (Phi) is 3.33. The summed E-state index contributed by atoms with van der Waals surface area (Å²) in [4.78, 5) is 24.7. The molecule has 2 N–H and O–H groups in total. The van der Waals surface area contributed by atoms with Crippen LogP contribution in [0.1, 0.15) is 28.1 Å².